The van der Waals surface area contributed by atoms with Gasteiger partial charge in [-0.2, -0.15) is 0 Å². The predicted molar refractivity (Wildman–Crippen MR) is 85.6 cm³/mol. The van der Waals surface area contributed by atoms with E-state index >= 15 is 0 Å². The number of nitrogens with zero attached hydrogens (tertiary/aromatic N) is 1. The van der Waals surface area contributed by atoms with Crippen LogP contribution in [0.1, 0.15) is 16.7 Å². The Labute approximate surface area is 125 Å². The summed E-state index contributed by atoms with van der Waals surface area (Å²) in [5.74, 6) is 0.893. The third-order valence-electron chi connectivity index (χ3n) is 3.33. The van der Waals surface area contributed by atoms with Crippen LogP contribution in [0, 0.1) is 5.41 Å². The molecular weight excluding hydrogens is 262 g/mol. The monoisotopic (exact) mass is 283 g/mol. The molecule has 0 heterocycles. The van der Waals surface area contributed by atoms with Crippen LogP contribution in [0.4, 0.5) is 0 Å². The molecule has 0 aliphatic rings. The Bertz CT molecular complexity index is 611. The maximum Gasteiger partial charge on any atom is 0.123 e. The van der Waals surface area contributed by atoms with Gasteiger partial charge in [-0.3, -0.25) is 10.3 Å². The van der Waals surface area contributed by atoms with Gasteiger partial charge in [0.25, 0.3) is 0 Å². The van der Waals surface area contributed by atoms with E-state index in [1.165, 1.54) is 5.56 Å². The average molecular weight is 283 g/mol. The van der Waals surface area contributed by atoms with Gasteiger partial charge in [0.1, 0.15) is 11.6 Å². The smallest absolute Gasteiger partial charge is 0.123 e. The van der Waals surface area contributed by atoms with Crippen molar-refractivity contribution in [2.75, 3.05) is 14.2 Å². The van der Waals surface area contributed by atoms with E-state index in [1.807, 2.05) is 36.4 Å². The summed E-state index contributed by atoms with van der Waals surface area (Å²) in [5, 5.41) is 7.54. The summed E-state index contributed by atoms with van der Waals surface area (Å²) < 4.78 is 5.39. The van der Waals surface area contributed by atoms with Crippen molar-refractivity contribution in [2.45, 2.75) is 13.1 Å². The number of hydrogen-bond donors (Lipinski definition) is 2. The Morgan fingerprint density at radius 3 is 2.48 bits per heavy atom. The molecule has 2 aromatic rings. The first-order valence-corrected chi connectivity index (χ1v) is 6.84. The molecule has 4 heteroatoms. The van der Waals surface area contributed by atoms with Gasteiger partial charge in [-0.05, 0) is 30.8 Å². The van der Waals surface area contributed by atoms with Gasteiger partial charge in [-0.25, -0.2) is 0 Å². The lowest BCUT2D eigenvalue weighted by atomic mass is 10.1. The van der Waals surface area contributed by atoms with E-state index in [0.717, 1.165) is 30.0 Å². The van der Waals surface area contributed by atoms with Crippen molar-refractivity contribution in [3.63, 3.8) is 0 Å². The fraction of sp³-hybridized carbons (Fsp3) is 0.235. The molecule has 21 heavy (non-hydrogen) atoms. The van der Waals surface area contributed by atoms with Crippen LogP contribution in [0.3, 0.4) is 0 Å². The number of nitrogen functional groups attached to an aromatic ring is 1. The zero-order valence-electron chi connectivity index (χ0n) is 12.5. The van der Waals surface area contributed by atoms with Gasteiger partial charge in [0.2, 0.25) is 0 Å². The molecule has 0 radical (unpaired) electrons. The minimum absolute atomic E-state index is 0.0737. The number of hydrogen-bond acceptors (Lipinski definition) is 3. The molecule has 110 valence electrons. The van der Waals surface area contributed by atoms with Gasteiger partial charge < -0.3 is 10.5 Å². The first kappa shape index (κ1) is 15.1. The molecule has 2 aromatic carbocycles. The van der Waals surface area contributed by atoms with Crippen molar-refractivity contribution < 1.29 is 4.74 Å². The van der Waals surface area contributed by atoms with Crippen molar-refractivity contribution in [1.82, 2.24) is 4.90 Å². The largest absolute Gasteiger partial charge is 0.496 e. The molecule has 0 unspecified atom stereocenters. The highest BCUT2D eigenvalue weighted by Gasteiger charge is 2.09. The molecule has 0 atom stereocenters. The van der Waals surface area contributed by atoms with Crippen LogP contribution in [0.2, 0.25) is 0 Å². The second-order valence-electron chi connectivity index (χ2n) is 5.10. The predicted octanol–water partition coefficient (Wildman–Crippen LogP) is 2.61. The van der Waals surface area contributed by atoms with Gasteiger partial charge in [0.15, 0.2) is 0 Å². The van der Waals surface area contributed by atoms with Gasteiger partial charge in [-0.1, -0.05) is 30.3 Å². The normalized spacial score (nSPS) is 10.6. The third kappa shape index (κ3) is 4.07. The summed E-state index contributed by atoms with van der Waals surface area (Å²) in [7, 11) is 3.72. The second kappa shape index (κ2) is 6.90. The molecule has 0 aromatic heterocycles. The maximum atomic E-state index is 7.54. The molecule has 0 spiro atoms. The summed E-state index contributed by atoms with van der Waals surface area (Å²) >= 11 is 0. The zero-order valence-corrected chi connectivity index (χ0v) is 12.5. The number of nitrogens with two attached hydrogens (primary N) is 1. The van der Waals surface area contributed by atoms with Gasteiger partial charge in [-0.15, -0.1) is 0 Å². The molecule has 0 aliphatic heterocycles. The van der Waals surface area contributed by atoms with Crippen molar-refractivity contribution in [3.05, 3.63) is 65.2 Å². The SMILES string of the molecule is COc1ccc(C(=N)N)cc1CN(C)Cc1ccccc1. The van der Waals surface area contributed by atoms with Crippen LogP contribution in [0.15, 0.2) is 48.5 Å². The van der Waals surface area contributed by atoms with E-state index in [0.29, 0.717) is 0 Å². The minimum atomic E-state index is 0.0737. The van der Waals surface area contributed by atoms with Crippen LogP contribution in [-0.4, -0.2) is 24.9 Å². The molecule has 0 amide bonds. The van der Waals surface area contributed by atoms with Crippen molar-refractivity contribution in [2.24, 2.45) is 5.73 Å². The first-order valence-electron chi connectivity index (χ1n) is 6.84. The Kier molecular flexibility index (Phi) is 4.95. The molecule has 0 saturated heterocycles. The summed E-state index contributed by atoms with van der Waals surface area (Å²) in [5.41, 5.74) is 8.58. The van der Waals surface area contributed by atoms with Crippen LogP contribution in [0.5, 0.6) is 5.75 Å². The van der Waals surface area contributed by atoms with Crippen molar-refractivity contribution in [1.29, 1.82) is 5.41 Å². The summed E-state index contributed by atoms with van der Waals surface area (Å²) in [6.45, 7) is 1.59. The van der Waals surface area contributed by atoms with Crippen molar-refractivity contribution >= 4 is 5.84 Å². The fourth-order valence-corrected chi connectivity index (χ4v) is 2.31. The number of rotatable bonds is 6. The highest BCUT2D eigenvalue weighted by molar-refractivity contribution is 5.95. The molecular formula is C17H21N3O. The number of benzene rings is 2. The average Bonchev–Trinajstić information content (AvgIpc) is 2.48. The van der Waals surface area contributed by atoms with E-state index in [4.69, 9.17) is 15.9 Å². The third-order valence-corrected chi connectivity index (χ3v) is 3.33. The van der Waals surface area contributed by atoms with Gasteiger partial charge >= 0.3 is 0 Å². The molecule has 0 bridgehead atoms. The summed E-state index contributed by atoms with van der Waals surface area (Å²) in [6.07, 6.45) is 0. The lowest BCUT2D eigenvalue weighted by molar-refractivity contribution is 0.310. The lowest BCUT2D eigenvalue weighted by Gasteiger charge is -2.19. The summed E-state index contributed by atoms with van der Waals surface area (Å²) in [4.78, 5) is 2.21. The highest BCUT2D eigenvalue weighted by atomic mass is 16.5. The number of nitrogens with one attached hydrogen (secondary N) is 1. The van der Waals surface area contributed by atoms with Crippen LogP contribution >= 0.6 is 0 Å². The quantitative estimate of drug-likeness (QED) is 0.633. The maximum absolute atomic E-state index is 7.54. The molecule has 0 fully saturated rings. The van der Waals surface area contributed by atoms with Gasteiger partial charge in [0.05, 0.1) is 7.11 Å². The highest BCUT2D eigenvalue weighted by Crippen LogP contribution is 2.21. The Balaban J connectivity index is 2.13. The van der Waals surface area contributed by atoms with Crippen LogP contribution in [0.25, 0.3) is 0 Å². The standard InChI is InChI=1S/C17H21N3O/c1-20(11-13-6-4-3-5-7-13)12-15-10-14(17(18)19)8-9-16(15)21-2/h3-10H,11-12H2,1-2H3,(H3,18,19). The zero-order chi connectivity index (χ0) is 15.2. The van der Waals surface area contributed by atoms with Crippen molar-refractivity contribution in [3.8, 4) is 5.75 Å². The van der Waals surface area contributed by atoms with Gasteiger partial charge in [0, 0.05) is 24.2 Å². The molecule has 3 N–H and O–H groups in total. The Morgan fingerprint density at radius 2 is 1.86 bits per heavy atom. The molecule has 0 saturated carbocycles. The lowest BCUT2D eigenvalue weighted by Crippen LogP contribution is -2.18. The topological polar surface area (TPSA) is 62.3 Å². The van der Waals surface area contributed by atoms with E-state index in [9.17, 15) is 0 Å². The first-order chi connectivity index (χ1) is 10.1. The number of methoxy groups -OCH3 is 1. The van der Waals surface area contributed by atoms with E-state index < -0.39 is 0 Å². The molecule has 2 rings (SSSR count). The van der Waals surface area contributed by atoms with E-state index in [-0.39, 0.29) is 5.84 Å². The minimum Gasteiger partial charge on any atom is -0.496 e. The van der Waals surface area contributed by atoms with E-state index in [2.05, 4.69) is 24.1 Å². The second-order valence-corrected chi connectivity index (χ2v) is 5.10. The molecule has 0 aliphatic carbocycles. The summed E-state index contributed by atoms with van der Waals surface area (Å²) in [6, 6.07) is 15.9. The van der Waals surface area contributed by atoms with Crippen LogP contribution < -0.4 is 10.5 Å². The number of amidine groups is 1. The Hall–Kier alpha value is -2.33. The fourth-order valence-electron chi connectivity index (χ4n) is 2.31. The molecule has 4 nitrogen and oxygen atoms in total. The van der Waals surface area contributed by atoms with Crippen LogP contribution in [-0.2, 0) is 13.1 Å². The number of ether oxygens (including phenoxy) is 1. The van der Waals surface area contributed by atoms with E-state index in [1.54, 1.807) is 7.11 Å². The Morgan fingerprint density at radius 1 is 1.14 bits per heavy atom.